The van der Waals surface area contributed by atoms with Crippen molar-refractivity contribution in [3.05, 3.63) is 0 Å². The van der Waals surface area contributed by atoms with Crippen LogP contribution in [0, 0.1) is 0 Å². The van der Waals surface area contributed by atoms with E-state index in [1.54, 1.807) is 0 Å². The van der Waals surface area contributed by atoms with E-state index in [-0.39, 0.29) is 18.2 Å². The van der Waals surface area contributed by atoms with Gasteiger partial charge in [0.2, 0.25) is 0 Å². The van der Waals surface area contributed by atoms with Gasteiger partial charge < -0.3 is 9.47 Å². The topological polar surface area (TPSA) is 56.5 Å². The summed E-state index contributed by atoms with van der Waals surface area (Å²) < 4.78 is 11.0. The fraction of sp³-hybridized carbons (Fsp3) is 1.00. The van der Waals surface area contributed by atoms with Crippen molar-refractivity contribution in [2.24, 2.45) is 5.84 Å². The first-order valence-electron chi connectivity index (χ1n) is 4.93. The molecule has 1 heterocycles. The van der Waals surface area contributed by atoms with Gasteiger partial charge in [-0.05, 0) is 26.7 Å². The van der Waals surface area contributed by atoms with Crippen LogP contribution < -0.4 is 11.3 Å². The van der Waals surface area contributed by atoms with E-state index in [1.807, 2.05) is 13.8 Å². The Hall–Kier alpha value is -0.160. The molecular weight excluding hydrogens is 168 g/mol. The summed E-state index contributed by atoms with van der Waals surface area (Å²) in [6.07, 6.45) is 2.68. The van der Waals surface area contributed by atoms with Crippen LogP contribution in [-0.4, -0.2) is 31.5 Å². The molecule has 1 saturated heterocycles. The van der Waals surface area contributed by atoms with Gasteiger partial charge in [0.15, 0.2) is 0 Å². The summed E-state index contributed by atoms with van der Waals surface area (Å²) in [7, 11) is 0. The molecule has 0 aromatic heterocycles. The Balaban J connectivity index is 2.24. The highest BCUT2D eigenvalue weighted by Crippen LogP contribution is 2.15. The largest absolute Gasteiger partial charge is 0.377 e. The molecule has 0 saturated carbocycles. The SMILES string of the molecule is CC(C)OCC(NN)C1CCCO1. The molecule has 2 atom stereocenters. The van der Waals surface area contributed by atoms with Gasteiger partial charge >= 0.3 is 0 Å². The Morgan fingerprint density at radius 2 is 2.38 bits per heavy atom. The second kappa shape index (κ2) is 5.54. The first kappa shape index (κ1) is 10.9. The lowest BCUT2D eigenvalue weighted by molar-refractivity contribution is 0.00822. The molecule has 0 bridgehead atoms. The highest BCUT2D eigenvalue weighted by molar-refractivity contribution is 4.78. The van der Waals surface area contributed by atoms with Gasteiger partial charge in [0.25, 0.3) is 0 Å². The zero-order valence-corrected chi connectivity index (χ0v) is 8.45. The predicted octanol–water partition coefficient (Wildman–Crippen LogP) is 0.422. The number of hydrogen-bond acceptors (Lipinski definition) is 4. The first-order valence-corrected chi connectivity index (χ1v) is 4.93. The fourth-order valence-corrected chi connectivity index (χ4v) is 1.48. The van der Waals surface area contributed by atoms with Crippen molar-refractivity contribution in [3.63, 3.8) is 0 Å². The second-order valence-corrected chi connectivity index (χ2v) is 3.71. The van der Waals surface area contributed by atoms with Gasteiger partial charge in [-0.1, -0.05) is 0 Å². The molecule has 1 fully saturated rings. The number of hydrazine groups is 1. The van der Waals surface area contributed by atoms with Gasteiger partial charge in [-0.25, -0.2) is 0 Å². The molecule has 2 unspecified atom stereocenters. The van der Waals surface area contributed by atoms with E-state index in [4.69, 9.17) is 15.3 Å². The number of nitrogens with two attached hydrogens (primary N) is 1. The summed E-state index contributed by atoms with van der Waals surface area (Å²) in [6, 6.07) is 0.130. The molecule has 4 heteroatoms. The predicted molar refractivity (Wildman–Crippen MR) is 51.2 cm³/mol. The molecule has 1 rings (SSSR count). The van der Waals surface area contributed by atoms with Gasteiger partial charge in [-0.15, -0.1) is 0 Å². The van der Waals surface area contributed by atoms with Crippen LogP contribution in [-0.2, 0) is 9.47 Å². The molecule has 0 aromatic rings. The molecule has 0 radical (unpaired) electrons. The van der Waals surface area contributed by atoms with Crippen LogP contribution in [0.3, 0.4) is 0 Å². The number of hydrogen-bond donors (Lipinski definition) is 2. The zero-order valence-electron chi connectivity index (χ0n) is 8.45. The highest BCUT2D eigenvalue weighted by atomic mass is 16.5. The summed E-state index contributed by atoms with van der Waals surface area (Å²) in [5, 5.41) is 0. The Morgan fingerprint density at radius 1 is 1.62 bits per heavy atom. The van der Waals surface area contributed by atoms with Gasteiger partial charge in [0.05, 0.1) is 24.9 Å². The number of rotatable bonds is 5. The summed E-state index contributed by atoms with van der Waals surface area (Å²) in [6.45, 7) is 5.51. The quantitative estimate of drug-likeness (QED) is 0.485. The molecule has 3 N–H and O–H groups in total. The summed E-state index contributed by atoms with van der Waals surface area (Å²) in [4.78, 5) is 0. The van der Waals surface area contributed by atoms with E-state index in [0.29, 0.717) is 6.61 Å². The molecule has 0 spiro atoms. The minimum absolute atomic E-state index is 0.130. The first-order chi connectivity index (χ1) is 6.24. The Bertz CT molecular complexity index is 136. The van der Waals surface area contributed by atoms with Gasteiger partial charge in [0.1, 0.15) is 0 Å². The van der Waals surface area contributed by atoms with E-state index in [9.17, 15) is 0 Å². The maximum Gasteiger partial charge on any atom is 0.0764 e. The highest BCUT2D eigenvalue weighted by Gasteiger charge is 2.25. The number of nitrogens with one attached hydrogen (secondary N) is 1. The van der Waals surface area contributed by atoms with Crippen molar-refractivity contribution >= 4 is 0 Å². The van der Waals surface area contributed by atoms with Crippen LogP contribution in [0.5, 0.6) is 0 Å². The summed E-state index contributed by atoms with van der Waals surface area (Å²) in [5.74, 6) is 5.43. The standard InChI is InChI=1S/C9H20N2O2/c1-7(2)13-6-8(11-10)9-4-3-5-12-9/h7-9,11H,3-6,10H2,1-2H3. The Labute approximate surface area is 79.7 Å². The van der Waals surface area contributed by atoms with E-state index in [2.05, 4.69) is 5.43 Å². The minimum atomic E-state index is 0.130. The lowest BCUT2D eigenvalue weighted by Gasteiger charge is -2.22. The zero-order chi connectivity index (χ0) is 9.68. The van der Waals surface area contributed by atoms with Gasteiger partial charge in [0, 0.05) is 6.61 Å². The fourth-order valence-electron chi connectivity index (χ4n) is 1.48. The Kier molecular flexibility index (Phi) is 4.66. The average molecular weight is 188 g/mol. The molecule has 1 aliphatic heterocycles. The molecule has 1 aliphatic rings. The summed E-state index contributed by atoms with van der Waals surface area (Å²) in [5.41, 5.74) is 2.75. The second-order valence-electron chi connectivity index (χ2n) is 3.71. The lowest BCUT2D eigenvalue weighted by Crippen LogP contribution is -2.47. The van der Waals surface area contributed by atoms with E-state index < -0.39 is 0 Å². The summed E-state index contributed by atoms with van der Waals surface area (Å²) >= 11 is 0. The molecule has 0 amide bonds. The van der Waals surface area contributed by atoms with Crippen LogP contribution >= 0.6 is 0 Å². The van der Waals surface area contributed by atoms with Crippen molar-refractivity contribution in [2.75, 3.05) is 13.2 Å². The van der Waals surface area contributed by atoms with Gasteiger partial charge in [-0.2, -0.15) is 0 Å². The molecular formula is C9H20N2O2. The normalized spacial score (nSPS) is 25.4. The Morgan fingerprint density at radius 3 is 2.85 bits per heavy atom. The van der Waals surface area contributed by atoms with Crippen LogP contribution in [0.15, 0.2) is 0 Å². The average Bonchev–Trinajstić information content (AvgIpc) is 2.58. The molecule has 0 aromatic carbocycles. The monoisotopic (exact) mass is 188 g/mol. The van der Waals surface area contributed by atoms with Crippen molar-refractivity contribution < 1.29 is 9.47 Å². The van der Waals surface area contributed by atoms with Crippen LogP contribution in [0.4, 0.5) is 0 Å². The van der Waals surface area contributed by atoms with Crippen LogP contribution in [0.2, 0.25) is 0 Å². The molecule has 13 heavy (non-hydrogen) atoms. The van der Waals surface area contributed by atoms with Crippen LogP contribution in [0.1, 0.15) is 26.7 Å². The van der Waals surface area contributed by atoms with Crippen molar-refractivity contribution in [2.45, 2.75) is 44.9 Å². The smallest absolute Gasteiger partial charge is 0.0764 e. The van der Waals surface area contributed by atoms with Crippen molar-refractivity contribution in [1.82, 2.24) is 5.43 Å². The maximum atomic E-state index is 5.52. The third kappa shape index (κ3) is 3.60. The maximum absolute atomic E-state index is 5.52. The van der Waals surface area contributed by atoms with E-state index >= 15 is 0 Å². The molecule has 4 nitrogen and oxygen atoms in total. The van der Waals surface area contributed by atoms with Gasteiger partial charge in [-0.3, -0.25) is 11.3 Å². The molecule has 78 valence electrons. The van der Waals surface area contributed by atoms with Crippen molar-refractivity contribution in [1.29, 1.82) is 0 Å². The lowest BCUT2D eigenvalue weighted by atomic mass is 10.1. The molecule has 0 aliphatic carbocycles. The third-order valence-corrected chi connectivity index (χ3v) is 2.24. The minimum Gasteiger partial charge on any atom is -0.377 e. The van der Waals surface area contributed by atoms with E-state index in [0.717, 1.165) is 19.4 Å². The van der Waals surface area contributed by atoms with Crippen LogP contribution in [0.25, 0.3) is 0 Å². The van der Waals surface area contributed by atoms with Crippen molar-refractivity contribution in [3.8, 4) is 0 Å². The number of ether oxygens (including phenoxy) is 2. The third-order valence-electron chi connectivity index (χ3n) is 2.24. The van der Waals surface area contributed by atoms with E-state index in [1.165, 1.54) is 0 Å².